The molecule has 1 aliphatic rings. The predicted molar refractivity (Wildman–Crippen MR) is 120 cm³/mol. The van der Waals surface area contributed by atoms with Crippen LogP contribution < -0.4 is 10.9 Å². The Morgan fingerprint density at radius 1 is 1.06 bits per heavy atom. The number of aromatic amines is 1. The Kier molecular flexibility index (Phi) is 7.67. The first-order valence-electron chi connectivity index (χ1n) is 10.8. The number of hydrogen-bond donors (Lipinski definition) is 2. The van der Waals surface area contributed by atoms with Crippen molar-refractivity contribution in [3.8, 4) is 0 Å². The second-order valence-corrected chi connectivity index (χ2v) is 10.1. The average Bonchev–Trinajstić information content (AvgIpc) is 3.02. The van der Waals surface area contributed by atoms with Crippen molar-refractivity contribution < 1.29 is 13.2 Å². The third kappa shape index (κ3) is 6.04. The number of pyridine rings is 1. The van der Waals surface area contributed by atoms with Gasteiger partial charge in [-0.2, -0.15) is 4.31 Å². The van der Waals surface area contributed by atoms with Crippen molar-refractivity contribution in [3.63, 3.8) is 0 Å². The SMILES string of the molecule is Cc1cc(C)c(CNC(=O)CCc2ccc(S(=O)(=O)N3CCCCCC3)cc2)c(=O)[nH]1. The summed E-state index contributed by atoms with van der Waals surface area (Å²) >= 11 is 0. The van der Waals surface area contributed by atoms with Gasteiger partial charge in [0.1, 0.15) is 0 Å². The number of nitrogens with zero attached hydrogens (tertiary/aromatic N) is 1. The molecule has 0 saturated carbocycles. The van der Waals surface area contributed by atoms with Crippen LogP contribution in [0.3, 0.4) is 0 Å². The molecule has 0 aliphatic carbocycles. The Bertz CT molecular complexity index is 1070. The van der Waals surface area contributed by atoms with Gasteiger partial charge in [0.2, 0.25) is 15.9 Å². The molecule has 0 spiro atoms. The normalized spacial score (nSPS) is 15.4. The third-order valence-electron chi connectivity index (χ3n) is 5.72. The number of rotatable bonds is 7. The number of carbonyl (C=O) groups is 1. The minimum absolute atomic E-state index is 0.152. The van der Waals surface area contributed by atoms with Crippen LogP contribution in [0.2, 0.25) is 0 Å². The fraction of sp³-hybridized carbons (Fsp3) is 0.478. The fourth-order valence-corrected chi connectivity index (χ4v) is 5.41. The summed E-state index contributed by atoms with van der Waals surface area (Å²) in [6.45, 7) is 5.01. The molecule has 1 aliphatic heterocycles. The fourth-order valence-electron chi connectivity index (χ4n) is 3.89. The van der Waals surface area contributed by atoms with Gasteiger partial charge < -0.3 is 10.3 Å². The van der Waals surface area contributed by atoms with E-state index in [1.807, 2.05) is 19.9 Å². The quantitative estimate of drug-likeness (QED) is 0.684. The zero-order valence-electron chi connectivity index (χ0n) is 18.2. The van der Waals surface area contributed by atoms with Crippen LogP contribution in [0.1, 0.15) is 54.5 Å². The molecule has 168 valence electrons. The smallest absolute Gasteiger partial charge is 0.253 e. The van der Waals surface area contributed by atoms with Gasteiger partial charge in [-0.05, 0) is 62.4 Å². The molecule has 1 aromatic carbocycles. The lowest BCUT2D eigenvalue weighted by atomic mass is 10.1. The average molecular weight is 446 g/mol. The van der Waals surface area contributed by atoms with Gasteiger partial charge in [-0.1, -0.05) is 25.0 Å². The molecule has 2 heterocycles. The molecule has 31 heavy (non-hydrogen) atoms. The summed E-state index contributed by atoms with van der Waals surface area (Å²) < 4.78 is 27.3. The highest BCUT2D eigenvalue weighted by atomic mass is 32.2. The largest absolute Gasteiger partial charge is 0.352 e. The zero-order valence-corrected chi connectivity index (χ0v) is 19.1. The van der Waals surface area contributed by atoms with E-state index in [2.05, 4.69) is 10.3 Å². The highest BCUT2D eigenvalue weighted by molar-refractivity contribution is 7.89. The maximum Gasteiger partial charge on any atom is 0.253 e. The molecular formula is C23H31N3O4S. The van der Waals surface area contributed by atoms with E-state index < -0.39 is 10.0 Å². The molecule has 0 atom stereocenters. The van der Waals surface area contributed by atoms with Crippen molar-refractivity contribution in [2.75, 3.05) is 13.1 Å². The Morgan fingerprint density at radius 2 is 1.71 bits per heavy atom. The summed E-state index contributed by atoms with van der Waals surface area (Å²) in [5.41, 5.74) is 2.91. The van der Waals surface area contributed by atoms with Crippen LogP contribution in [0.25, 0.3) is 0 Å². The van der Waals surface area contributed by atoms with Crippen molar-refractivity contribution in [1.82, 2.24) is 14.6 Å². The van der Waals surface area contributed by atoms with E-state index in [1.54, 1.807) is 28.6 Å². The van der Waals surface area contributed by atoms with Crippen molar-refractivity contribution >= 4 is 15.9 Å². The number of benzene rings is 1. The lowest BCUT2D eigenvalue weighted by Gasteiger charge is -2.20. The zero-order chi connectivity index (χ0) is 22.4. The number of aromatic nitrogens is 1. The van der Waals surface area contributed by atoms with Gasteiger partial charge in [-0.3, -0.25) is 9.59 Å². The summed E-state index contributed by atoms with van der Waals surface area (Å²) in [6, 6.07) is 8.68. The highest BCUT2D eigenvalue weighted by Gasteiger charge is 2.24. The molecule has 2 N–H and O–H groups in total. The monoisotopic (exact) mass is 445 g/mol. The van der Waals surface area contributed by atoms with Gasteiger partial charge in [-0.25, -0.2) is 8.42 Å². The van der Waals surface area contributed by atoms with E-state index in [4.69, 9.17) is 0 Å². The van der Waals surface area contributed by atoms with Gasteiger partial charge in [0.15, 0.2) is 0 Å². The van der Waals surface area contributed by atoms with Crippen LogP contribution in [-0.4, -0.2) is 36.7 Å². The molecule has 1 amide bonds. The molecular weight excluding hydrogens is 414 g/mol. The minimum atomic E-state index is -3.46. The summed E-state index contributed by atoms with van der Waals surface area (Å²) in [5.74, 6) is -0.152. The number of sulfonamides is 1. The van der Waals surface area contributed by atoms with Crippen LogP contribution in [0.15, 0.2) is 40.0 Å². The van der Waals surface area contributed by atoms with E-state index in [-0.39, 0.29) is 24.4 Å². The lowest BCUT2D eigenvalue weighted by Crippen LogP contribution is -2.31. The molecule has 0 radical (unpaired) electrons. The van der Waals surface area contributed by atoms with Crippen molar-refractivity contribution in [2.45, 2.75) is 63.8 Å². The van der Waals surface area contributed by atoms with Gasteiger partial charge in [0.25, 0.3) is 5.56 Å². The van der Waals surface area contributed by atoms with Crippen LogP contribution in [0.4, 0.5) is 0 Å². The van der Waals surface area contributed by atoms with E-state index in [9.17, 15) is 18.0 Å². The summed E-state index contributed by atoms with van der Waals surface area (Å²) in [5, 5.41) is 2.79. The molecule has 1 fully saturated rings. The number of carbonyl (C=O) groups excluding carboxylic acids is 1. The minimum Gasteiger partial charge on any atom is -0.352 e. The van der Waals surface area contributed by atoms with Gasteiger partial charge >= 0.3 is 0 Å². The van der Waals surface area contributed by atoms with Crippen LogP contribution in [-0.2, 0) is 27.8 Å². The first-order chi connectivity index (χ1) is 14.8. The van der Waals surface area contributed by atoms with Crippen LogP contribution in [0, 0.1) is 13.8 Å². The summed E-state index contributed by atoms with van der Waals surface area (Å²) in [7, 11) is -3.46. The Balaban J connectivity index is 1.54. The highest BCUT2D eigenvalue weighted by Crippen LogP contribution is 2.21. The third-order valence-corrected chi connectivity index (χ3v) is 7.64. The number of amides is 1. The molecule has 7 nitrogen and oxygen atoms in total. The summed E-state index contributed by atoms with van der Waals surface area (Å²) in [4.78, 5) is 27.3. The van der Waals surface area contributed by atoms with Gasteiger partial charge in [0.05, 0.1) is 4.90 Å². The maximum absolute atomic E-state index is 12.8. The number of hydrogen-bond acceptors (Lipinski definition) is 4. The topological polar surface area (TPSA) is 99.3 Å². The second kappa shape index (κ2) is 10.2. The number of aryl methyl sites for hydroxylation is 3. The van der Waals surface area contributed by atoms with E-state index in [0.29, 0.717) is 30.0 Å². The summed E-state index contributed by atoms with van der Waals surface area (Å²) in [6.07, 6.45) is 4.72. The Hall–Kier alpha value is -2.45. The maximum atomic E-state index is 12.8. The van der Waals surface area contributed by atoms with Gasteiger partial charge in [-0.15, -0.1) is 0 Å². The molecule has 1 saturated heterocycles. The molecule has 1 aromatic heterocycles. The molecule has 0 bridgehead atoms. The van der Waals surface area contributed by atoms with E-state index >= 15 is 0 Å². The number of H-pyrrole nitrogens is 1. The standard InChI is InChI=1S/C23H31N3O4S/c1-17-15-18(2)25-23(28)21(17)16-24-22(27)12-9-19-7-10-20(11-8-19)31(29,30)26-13-5-3-4-6-14-26/h7-8,10-11,15H,3-6,9,12-14,16H2,1-2H3,(H,24,27)(H,25,28). The molecule has 3 rings (SSSR count). The molecule has 8 heteroatoms. The second-order valence-electron chi connectivity index (χ2n) is 8.18. The van der Waals surface area contributed by atoms with Crippen LogP contribution in [0.5, 0.6) is 0 Å². The van der Waals surface area contributed by atoms with Gasteiger partial charge in [0, 0.05) is 37.3 Å². The Morgan fingerprint density at radius 3 is 2.32 bits per heavy atom. The van der Waals surface area contributed by atoms with Crippen LogP contribution >= 0.6 is 0 Å². The molecule has 0 unspecified atom stereocenters. The first-order valence-corrected chi connectivity index (χ1v) is 12.3. The van der Waals surface area contributed by atoms with Crippen molar-refractivity contribution in [1.29, 1.82) is 0 Å². The van der Waals surface area contributed by atoms with E-state index in [1.165, 1.54) is 0 Å². The van der Waals surface area contributed by atoms with Crippen molar-refractivity contribution in [3.05, 3.63) is 63.1 Å². The first kappa shape index (κ1) is 23.2. The van der Waals surface area contributed by atoms with E-state index in [0.717, 1.165) is 42.5 Å². The number of nitrogens with one attached hydrogen (secondary N) is 2. The predicted octanol–water partition coefficient (Wildman–Crippen LogP) is 2.81. The molecule has 2 aromatic rings. The lowest BCUT2D eigenvalue weighted by molar-refractivity contribution is -0.121. The Labute approximate surface area is 183 Å². The van der Waals surface area contributed by atoms with Crippen molar-refractivity contribution in [2.24, 2.45) is 0 Å².